The highest BCUT2D eigenvalue weighted by molar-refractivity contribution is 4.96. The number of hydrogen-bond donors (Lipinski definition) is 0. The molecule has 2 aliphatic heterocycles. The monoisotopic (exact) mass is 240 g/mol. The minimum atomic E-state index is -0.0186. The molecule has 6 nitrogen and oxygen atoms in total. The van der Waals surface area contributed by atoms with Gasteiger partial charge in [-0.3, -0.25) is 0 Å². The highest BCUT2D eigenvalue weighted by Crippen LogP contribution is 2.34. The van der Waals surface area contributed by atoms with E-state index in [1.165, 1.54) is 0 Å². The number of nitrogens with zero attached hydrogens (tertiary/aromatic N) is 4. The molecular formula is C11H20N4O2. The predicted octanol–water partition coefficient (Wildman–Crippen LogP) is 1.57. The summed E-state index contributed by atoms with van der Waals surface area (Å²) < 4.78 is 11.4. The summed E-state index contributed by atoms with van der Waals surface area (Å²) in [6.45, 7) is 4.13. The van der Waals surface area contributed by atoms with Crippen molar-refractivity contribution in [1.29, 1.82) is 0 Å². The van der Waals surface area contributed by atoms with E-state index < -0.39 is 0 Å². The van der Waals surface area contributed by atoms with Gasteiger partial charge in [0.2, 0.25) is 0 Å². The van der Waals surface area contributed by atoms with Crippen molar-refractivity contribution in [2.45, 2.75) is 31.0 Å². The van der Waals surface area contributed by atoms with Crippen LogP contribution in [0.1, 0.15) is 19.3 Å². The standard InChI is InChI=1S/C11H20N4O2/c1-16-10-2-7-17-11(8-10)3-5-15(9-11)6-4-13-14-12/h10H,2-9H2,1H3/t10-,11+/m0/s1. The minimum absolute atomic E-state index is 0.0186. The molecule has 2 heterocycles. The van der Waals surface area contributed by atoms with E-state index in [2.05, 4.69) is 14.9 Å². The molecule has 17 heavy (non-hydrogen) atoms. The van der Waals surface area contributed by atoms with Gasteiger partial charge in [-0.1, -0.05) is 5.11 Å². The van der Waals surface area contributed by atoms with Crippen LogP contribution in [0.5, 0.6) is 0 Å². The van der Waals surface area contributed by atoms with E-state index >= 15 is 0 Å². The Hall–Kier alpha value is -0.810. The molecule has 0 aromatic carbocycles. The summed E-state index contributed by atoms with van der Waals surface area (Å²) in [6, 6.07) is 0. The lowest BCUT2D eigenvalue weighted by molar-refractivity contribution is -0.119. The molecule has 1 spiro atoms. The van der Waals surface area contributed by atoms with Gasteiger partial charge < -0.3 is 14.4 Å². The molecule has 2 fully saturated rings. The van der Waals surface area contributed by atoms with Gasteiger partial charge in [-0.15, -0.1) is 0 Å². The summed E-state index contributed by atoms with van der Waals surface area (Å²) in [7, 11) is 1.78. The van der Waals surface area contributed by atoms with Crippen molar-refractivity contribution in [2.75, 3.05) is 39.9 Å². The van der Waals surface area contributed by atoms with Crippen LogP contribution in [0.15, 0.2) is 5.11 Å². The van der Waals surface area contributed by atoms with Crippen LogP contribution >= 0.6 is 0 Å². The average molecular weight is 240 g/mol. The van der Waals surface area contributed by atoms with E-state index in [1.807, 2.05) is 0 Å². The Kier molecular flexibility index (Phi) is 4.23. The first-order valence-electron chi connectivity index (χ1n) is 6.18. The lowest BCUT2D eigenvalue weighted by atomic mass is 9.91. The highest BCUT2D eigenvalue weighted by Gasteiger charge is 2.42. The lowest BCUT2D eigenvalue weighted by Crippen LogP contribution is -2.44. The SMILES string of the molecule is CO[C@H]1CCO[C@]2(CCN(CCN=[N+]=[N-])C2)C1. The van der Waals surface area contributed by atoms with Crippen molar-refractivity contribution in [1.82, 2.24) is 4.90 Å². The molecule has 0 radical (unpaired) electrons. The van der Waals surface area contributed by atoms with E-state index in [-0.39, 0.29) is 5.60 Å². The summed E-state index contributed by atoms with van der Waals surface area (Å²) in [5.74, 6) is 0. The second-order valence-corrected chi connectivity index (χ2v) is 4.86. The number of methoxy groups -OCH3 is 1. The fourth-order valence-corrected chi connectivity index (χ4v) is 2.82. The quantitative estimate of drug-likeness (QED) is 0.425. The number of azide groups is 1. The lowest BCUT2D eigenvalue weighted by Gasteiger charge is -2.37. The molecule has 2 rings (SSSR count). The summed E-state index contributed by atoms with van der Waals surface area (Å²) in [5.41, 5.74) is 8.23. The van der Waals surface area contributed by atoms with Crippen molar-refractivity contribution in [2.24, 2.45) is 5.11 Å². The molecule has 0 aromatic heterocycles. The molecule has 0 aromatic rings. The number of ether oxygens (including phenoxy) is 2. The first-order valence-corrected chi connectivity index (χ1v) is 6.18. The molecule has 96 valence electrons. The van der Waals surface area contributed by atoms with Gasteiger partial charge in [0.1, 0.15) is 0 Å². The second-order valence-electron chi connectivity index (χ2n) is 4.86. The molecule has 0 aliphatic carbocycles. The Morgan fingerprint density at radius 1 is 1.65 bits per heavy atom. The van der Waals surface area contributed by atoms with Crippen LogP contribution in [-0.2, 0) is 9.47 Å². The Morgan fingerprint density at radius 3 is 3.29 bits per heavy atom. The van der Waals surface area contributed by atoms with Gasteiger partial charge in [-0.05, 0) is 18.4 Å². The Morgan fingerprint density at radius 2 is 2.53 bits per heavy atom. The van der Waals surface area contributed by atoms with E-state index in [0.717, 1.165) is 45.5 Å². The van der Waals surface area contributed by atoms with E-state index in [9.17, 15) is 0 Å². The normalized spacial score (nSPS) is 33.8. The van der Waals surface area contributed by atoms with Crippen LogP contribution < -0.4 is 0 Å². The third-order valence-electron chi connectivity index (χ3n) is 3.76. The van der Waals surface area contributed by atoms with E-state index in [0.29, 0.717) is 12.6 Å². The maximum atomic E-state index is 8.25. The maximum Gasteiger partial charge on any atom is 0.0845 e. The molecule has 2 atom stereocenters. The van der Waals surface area contributed by atoms with Crippen LogP contribution in [0.25, 0.3) is 10.4 Å². The highest BCUT2D eigenvalue weighted by atomic mass is 16.5. The molecule has 6 heteroatoms. The summed E-state index contributed by atoms with van der Waals surface area (Å²) in [5, 5.41) is 3.57. The molecule has 0 saturated carbocycles. The zero-order chi connectivity index (χ0) is 12.1. The van der Waals surface area contributed by atoms with Crippen LogP contribution in [0.4, 0.5) is 0 Å². The van der Waals surface area contributed by atoms with Gasteiger partial charge in [-0.25, -0.2) is 0 Å². The van der Waals surface area contributed by atoms with Gasteiger partial charge in [0.15, 0.2) is 0 Å². The Bertz CT molecular complexity index is 306. The first kappa shape index (κ1) is 12.6. The largest absolute Gasteiger partial charge is 0.381 e. The summed E-state index contributed by atoms with van der Waals surface area (Å²) in [4.78, 5) is 5.09. The molecule has 0 bridgehead atoms. The molecular weight excluding hydrogens is 220 g/mol. The molecule has 0 amide bonds. The van der Waals surface area contributed by atoms with Crippen molar-refractivity contribution < 1.29 is 9.47 Å². The maximum absolute atomic E-state index is 8.25. The van der Waals surface area contributed by atoms with Gasteiger partial charge in [0.05, 0.1) is 11.7 Å². The van der Waals surface area contributed by atoms with Crippen molar-refractivity contribution in [3.63, 3.8) is 0 Å². The third kappa shape index (κ3) is 3.10. The minimum Gasteiger partial charge on any atom is -0.381 e. The zero-order valence-electron chi connectivity index (χ0n) is 10.3. The predicted molar refractivity (Wildman–Crippen MR) is 63.8 cm³/mol. The molecule has 2 aliphatic rings. The van der Waals surface area contributed by atoms with E-state index in [4.69, 9.17) is 15.0 Å². The number of rotatable bonds is 4. The van der Waals surface area contributed by atoms with Crippen molar-refractivity contribution >= 4 is 0 Å². The molecule has 0 unspecified atom stereocenters. The molecule has 0 N–H and O–H groups in total. The van der Waals surface area contributed by atoms with Crippen LogP contribution in [-0.4, -0.2) is 56.5 Å². The Labute approximate surface area is 101 Å². The first-order chi connectivity index (χ1) is 8.28. The smallest absolute Gasteiger partial charge is 0.0845 e. The zero-order valence-corrected chi connectivity index (χ0v) is 10.3. The van der Waals surface area contributed by atoms with E-state index in [1.54, 1.807) is 7.11 Å². The summed E-state index contributed by atoms with van der Waals surface area (Å²) in [6.07, 6.45) is 3.38. The van der Waals surface area contributed by atoms with Gasteiger partial charge in [0.25, 0.3) is 0 Å². The van der Waals surface area contributed by atoms with Gasteiger partial charge in [-0.2, -0.15) is 0 Å². The fraction of sp³-hybridized carbons (Fsp3) is 1.00. The average Bonchev–Trinajstić information content (AvgIpc) is 2.73. The Balaban J connectivity index is 1.84. The third-order valence-corrected chi connectivity index (χ3v) is 3.76. The van der Waals surface area contributed by atoms with Gasteiger partial charge in [0, 0.05) is 51.2 Å². The number of hydrogen-bond acceptors (Lipinski definition) is 4. The second kappa shape index (κ2) is 5.69. The van der Waals surface area contributed by atoms with Crippen molar-refractivity contribution in [3.8, 4) is 0 Å². The van der Waals surface area contributed by atoms with Crippen LogP contribution in [0.3, 0.4) is 0 Å². The van der Waals surface area contributed by atoms with Gasteiger partial charge >= 0.3 is 0 Å². The van der Waals surface area contributed by atoms with Crippen molar-refractivity contribution in [3.05, 3.63) is 10.4 Å². The number of likely N-dealkylation sites (tertiary alicyclic amines) is 1. The molecule has 2 saturated heterocycles. The fourth-order valence-electron chi connectivity index (χ4n) is 2.82. The summed E-state index contributed by atoms with van der Waals surface area (Å²) >= 11 is 0. The topological polar surface area (TPSA) is 70.5 Å². The van der Waals surface area contributed by atoms with Crippen LogP contribution in [0, 0.1) is 0 Å². The van der Waals surface area contributed by atoms with Crippen LogP contribution in [0.2, 0.25) is 0 Å².